The molecule has 0 saturated heterocycles. The minimum Gasteiger partial charge on any atom is -0.507 e. The molecule has 6 rings (SSSR count). The zero-order valence-corrected chi connectivity index (χ0v) is 22.8. The van der Waals surface area contributed by atoms with Crippen molar-refractivity contribution in [1.82, 2.24) is 9.78 Å². The number of nitrogens with zero attached hydrogens (tertiary/aromatic N) is 2. The van der Waals surface area contributed by atoms with Crippen LogP contribution in [-0.4, -0.2) is 27.5 Å². The minimum atomic E-state index is -0.646. The number of aromatic hydroxyl groups is 1. The highest BCUT2D eigenvalue weighted by Crippen LogP contribution is 2.31. The average Bonchev–Trinajstić information content (AvgIpc) is 3.44. The van der Waals surface area contributed by atoms with Crippen molar-refractivity contribution in [3.8, 4) is 39.8 Å². The zero-order chi connectivity index (χ0) is 29.1. The smallest absolute Gasteiger partial charge is 0.344 e. The molecule has 0 spiro atoms. The van der Waals surface area contributed by atoms with E-state index in [1.807, 2.05) is 72.8 Å². The first kappa shape index (κ1) is 26.9. The molecule has 8 nitrogen and oxygen atoms in total. The molecule has 9 heteroatoms. The molecule has 2 heterocycles. The molecule has 0 bridgehead atoms. The van der Waals surface area contributed by atoms with Crippen LogP contribution in [0.15, 0.2) is 118 Å². The number of carbonyl (C=O) groups excluding carboxylic acids is 1. The molecule has 0 radical (unpaired) electrons. The molecule has 0 aliphatic rings. The minimum absolute atomic E-state index is 0.0223. The number of carbonyl (C=O) groups is 1. The second-order valence-corrected chi connectivity index (χ2v) is 9.82. The molecule has 4 aromatic carbocycles. The molecule has 42 heavy (non-hydrogen) atoms. The van der Waals surface area contributed by atoms with Gasteiger partial charge in [-0.1, -0.05) is 72.3 Å². The van der Waals surface area contributed by atoms with Crippen LogP contribution in [0.4, 0.5) is 0 Å². The summed E-state index contributed by atoms with van der Waals surface area (Å²) in [6.07, 6.45) is 0. The van der Waals surface area contributed by atoms with E-state index in [1.165, 1.54) is 18.2 Å². The number of phenols is 1. The highest BCUT2D eigenvalue weighted by molar-refractivity contribution is 6.30. The number of phenolic OH excluding ortho intramolecular Hbond substituents is 1. The SMILES string of the molecule is O=C(COc1cc(O)c2c(=O)cc(-c3ccccc3)oc2c1)OCc1cc(-c2cccc(Cl)c2)n(-c2ccccc2)n1. The maximum absolute atomic E-state index is 12.7. The van der Waals surface area contributed by atoms with Crippen molar-refractivity contribution in [2.24, 2.45) is 0 Å². The molecule has 0 unspecified atom stereocenters. The number of hydrogen-bond donors (Lipinski definition) is 1. The Labute approximate surface area is 244 Å². The van der Waals surface area contributed by atoms with E-state index < -0.39 is 18.0 Å². The van der Waals surface area contributed by atoms with Crippen LogP contribution >= 0.6 is 11.6 Å². The number of rotatable bonds is 8. The van der Waals surface area contributed by atoms with Gasteiger partial charge in [-0.2, -0.15) is 5.10 Å². The monoisotopic (exact) mass is 578 g/mol. The number of para-hydroxylation sites is 1. The Morgan fingerprint density at radius 1 is 0.881 bits per heavy atom. The van der Waals surface area contributed by atoms with Crippen LogP contribution in [0.5, 0.6) is 11.5 Å². The summed E-state index contributed by atoms with van der Waals surface area (Å²) in [4.78, 5) is 25.2. The van der Waals surface area contributed by atoms with Crippen molar-refractivity contribution >= 4 is 28.5 Å². The predicted octanol–water partition coefficient (Wildman–Crippen LogP) is 6.79. The van der Waals surface area contributed by atoms with Crippen LogP contribution in [0.1, 0.15) is 5.69 Å². The van der Waals surface area contributed by atoms with E-state index in [-0.39, 0.29) is 29.1 Å². The fraction of sp³-hybridized carbons (Fsp3) is 0.0606. The van der Waals surface area contributed by atoms with Gasteiger partial charge in [-0.3, -0.25) is 4.79 Å². The van der Waals surface area contributed by atoms with E-state index >= 15 is 0 Å². The normalized spacial score (nSPS) is 11.0. The third-order valence-corrected chi connectivity index (χ3v) is 6.70. The Bertz CT molecular complexity index is 1950. The number of ether oxygens (including phenoxy) is 2. The lowest BCUT2D eigenvalue weighted by Crippen LogP contribution is -2.15. The highest BCUT2D eigenvalue weighted by Gasteiger charge is 2.16. The van der Waals surface area contributed by atoms with Crippen molar-refractivity contribution < 1.29 is 23.8 Å². The molecule has 1 N–H and O–H groups in total. The second-order valence-electron chi connectivity index (χ2n) is 9.38. The number of fused-ring (bicyclic) bond motifs is 1. The summed E-state index contributed by atoms with van der Waals surface area (Å²) in [5.74, 6) is -0.477. The fourth-order valence-electron chi connectivity index (χ4n) is 4.53. The molecule has 208 valence electrons. The molecule has 0 fully saturated rings. The Balaban J connectivity index is 1.17. The molecule has 0 aliphatic heterocycles. The highest BCUT2D eigenvalue weighted by atomic mass is 35.5. The number of esters is 1. The Morgan fingerprint density at radius 3 is 2.38 bits per heavy atom. The van der Waals surface area contributed by atoms with E-state index in [2.05, 4.69) is 5.10 Å². The van der Waals surface area contributed by atoms with E-state index in [0.717, 1.165) is 16.9 Å². The fourth-order valence-corrected chi connectivity index (χ4v) is 4.72. The summed E-state index contributed by atoms with van der Waals surface area (Å²) in [7, 11) is 0. The van der Waals surface area contributed by atoms with Crippen LogP contribution in [-0.2, 0) is 16.1 Å². The lowest BCUT2D eigenvalue weighted by atomic mass is 10.1. The lowest BCUT2D eigenvalue weighted by molar-refractivity contribution is -0.147. The topological polar surface area (TPSA) is 104 Å². The largest absolute Gasteiger partial charge is 0.507 e. The van der Waals surface area contributed by atoms with Crippen LogP contribution in [0, 0.1) is 0 Å². The molecule has 0 saturated carbocycles. The van der Waals surface area contributed by atoms with Crippen molar-refractivity contribution in [3.63, 3.8) is 0 Å². The summed E-state index contributed by atoms with van der Waals surface area (Å²) in [5, 5.41) is 15.7. The first-order valence-corrected chi connectivity index (χ1v) is 13.4. The maximum Gasteiger partial charge on any atom is 0.344 e. The van der Waals surface area contributed by atoms with Gasteiger partial charge in [-0.15, -0.1) is 0 Å². The average molecular weight is 579 g/mol. The van der Waals surface area contributed by atoms with Gasteiger partial charge in [0.25, 0.3) is 0 Å². The summed E-state index contributed by atoms with van der Waals surface area (Å²) < 4.78 is 18.6. The van der Waals surface area contributed by atoms with Crippen LogP contribution < -0.4 is 10.2 Å². The second kappa shape index (κ2) is 11.6. The lowest BCUT2D eigenvalue weighted by Gasteiger charge is -2.09. The van der Waals surface area contributed by atoms with Crippen molar-refractivity contribution in [1.29, 1.82) is 0 Å². The molecule has 0 amide bonds. The van der Waals surface area contributed by atoms with Crippen LogP contribution in [0.25, 0.3) is 39.2 Å². The van der Waals surface area contributed by atoms with E-state index in [9.17, 15) is 14.7 Å². The van der Waals surface area contributed by atoms with Gasteiger partial charge < -0.3 is 19.0 Å². The van der Waals surface area contributed by atoms with Crippen molar-refractivity contribution in [2.45, 2.75) is 6.61 Å². The maximum atomic E-state index is 12.7. The van der Waals surface area contributed by atoms with Gasteiger partial charge in [0.15, 0.2) is 12.0 Å². The van der Waals surface area contributed by atoms with Crippen molar-refractivity contribution in [2.75, 3.05) is 6.61 Å². The molecule has 0 atom stereocenters. The van der Waals surface area contributed by atoms with Gasteiger partial charge >= 0.3 is 5.97 Å². The number of hydrogen-bond acceptors (Lipinski definition) is 7. The van der Waals surface area contributed by atoms with E-state index in [0.29, 0.717) is 22.0 Å². The van der Waals surface area contributed by atoms with Gasteiger partial charge in [0, 0.05) is 34.3 Å². The van der Waals surface area contributed by atoms with Crippen molar-refractivity contribution in [3.05, 3.63) is 130 Å². The van der Waals surface area contributed by atoms with Gasteiger partial charge in [0.05, 0.1) is 11.4 Å². The summed E-state index contributed by atoms with van der Waals surface area (Å²) in [6, 6.07) is 32.0. The summed E-state index contributed by atoms with van der Waals surface area (Å²) in [6.45, 7) is -0.526. The van der Waals surface area contributed by atoms with Gasteiger partial charge in [-0.25, -0.2) is 9.48 Å². The standard InChI is InChI=1S/C33H23ClN2O6/c34-23-11-7-10-22(14-23)27-15-24(35-36(27)25-12-5-2-6-13-25)19-41-32(39)20-40-26-16-28(37)33-29(38)18-30(42-31(33)17-26)21-8-3-1-4-9-21/h1-18,37H,19-20H2. The Kier molecular flexibility index (Phi) is 7.45. The molecular weight excluding hydrogens is 556 g/mol. The third-order valence-electron chi connectivity index (χ3n) is 6.46. The first-order valence-electron chi connectivity index (χ1n) is 13.0. The molecule has 2 aromatic heterocycles. The number of halogens is 1. The van der Waals surface area contributed by atoms with Gasteiger partial charge in [-0.05, 0) is 30.3 Å². The van der Waals surface area contributed by atoms with Crippen LogP contribution in [0.3, 0.4) is 0 Å². The molecule has 0 aliphatic carbocycles. The molecule has 6 aromatic rings. The third kappa shape index (κ3) is 5.75. The van der Waals surface area contributed by atoms with Crippen LogP contribution in [0.2, 0.25) is 5.02 Å². The van der Waals surface area contributed by atoms with E-state index in [1.54, 1.807) is 22.9 Å². The first-order chi connectivity index (χ1) is 20.4. The Morgan fingerprint density at radius 2 is 1.62 bits per heavy atom. The van der Waals surface area contributed by atoms with Gasteiger partial charge in [0.2, 0.25) is 0 Å². The zero-order valence-electron chi connectivity index (χ0n) is 22.1. The summed E-state index contributed by atoms with van der Waals surface area (Å²) >= 11 is 6.22. The number of aromatic nitrogens is 2. The van der Waals surface area contributed by atoms with E-state index in [4.69, 9.17) is 25.5 Å². The van der Waals surface area contributed by atoms with Gasteiger partial charge in [0.1, 0.15) is 40.5 Å². The predicted molar refractivity (Wildman–Crippen MR) is 159 cm³/mol. The Hall–Kier alpha value is -5.34. The summed E-state index contributed by atoms with van der Waals surface area (Å²) in [5.41, 5.74) is 3.45. The number of benzene rings is 4. The molecular formula is C33H23ClN2O6. The quantitative estimate of drug-likeness (QED) is 0.198.